The van der Waals surface area contributed by atoms with Crippen molar-refractivity contribution in [2.45, 2.75) is 0 Å². The Morgan fingerprint density at radius 2 is 1.02 bits per heavy atom. The van der Waals surface area contributed by atoms with Crippen LogP contribution in [0.2, 0.25) is 0 Å². The predicted molar refractivity (Wildman–Crippen MR) is 237 cm³/mol. The molecule has 0 N–H and O–H groups in total. The number of rotatable bonds is 5. The molecule has 0 unspecified atom stereocenters. The van der Waals surface area contributed by atoms with E-state index in [1.807, 2.05) is 12.1 Å². The molecule has 0 bridgehead atoms. The van der Waals surface area contributed by atoms with Gasteiger partial charge in [-0.2, -0.15) is 0 Å². The molecule has 0 saturated heterocycles. The molecule has 0 radical (unpaired) electrons. The highest BCUT2D eigenvalue weighted by molar-refractivity contribution is 6.26. The Kier molecular flexibility index (Phi) is 6.89. The molecule has 12 rings (SSSR count). The van der Waals surface area contributed by atoms with Crippen molar-refractivity contribution in [3.8, 4) is 45.0 Å². The number of hydrogen-bond acceptors (Lipinski definition) is 2. The lowest BCUT2D eigenvalue weighted by Crippen LogP contribution is -2.00. The van der Waals surface area contributed by atoms with Crippen molar-refractivity contribution < 1.29 is 4.42 Å². The van der Waals surface area contributed by atoms with E-state index < -0.39 is 0 Å². The maximum absolute atomic E-state index is 6.61. The SMILES string of the molecule is c1ccc(-c2cccc(-c3cc(-c4cccc5c4oc4ccccc45)nc(-n4c5ccccc5c5c4ccc4c6ccccc6n(-c6ccccc6)c45)c3)c2)cc1. The lowest BCUT2D eigenvalue weighted by Gasteiger charge is -2.14. The molecule has 4 heterocycles. The van der Waals surface area contributed by atoms with Crippen LogP contribution in [0.15, 0.2) is 205 Å². The fraction of sp³-hybridized carbons (Fsp3) is 0. The van der Waals surface area contributed by atoms with E-state index in [4.69, 9.17) is 9.40 Å². The molecule has 4 nitrogen and oxygen atoms in total. The van der Waals surface area contributed by atoms with E-state index in [1.165, 1.54) is 43.7 Å². The van der Waals surface area contributed by atoms with Crippen LogP contribution in [0, 0.1) is 0 Å². The van der Waals surface area contributed by atoms with Crippen molar-refractivity contribution in [3.63, 3.8) is 0 Å². The number of nitrogens with zero attached hydrogens (tertiary/aromatic N) is 3. The molecule has 12 aromatic rings. The summed E-state index contributed by atoms with van der Waals surface area (Å²) in [7, 11) is 0. The normalized spacial score (nSPS) is 11.9. The number of aromatic nitrogens is 3. The predicted octanol–water partition coefficient (Wildman–Crippen LogP) is 14.2. The van der Waals surface area contributed by atoms with E-state index in [-0.39, 0.29) is 0 Å². The first-order valence-corrected chi connectivity index (χ1v) is 19.4. The molecule has 4 aromatic heterocycles. The van der Waals surface area contributed by atoms with Crippen LogP contribution in [0.3, 0.4) is 0 Å². The molecular weight excluding hydrogens is 695 g/mol. The fourth-order valence-electron chi connectivity index (χ4n) is 8.99. The van der Waals surface area contributed by atoms with Gasteiger partial charge in [0.25, 0.3) is 0 Å². The highest BCUT2D eigenvalue weighted by Crippen LogP contribution is 2.43. The Labute approximate surface area is 328 Å². The van der Waals surface area contributed by atoms with Crippen LogP contribution in [-0.4, -0.2) is 14.1 Å². The molecule has 0 atom stereocenters. The lowest BCUT2D eigenvalue weighted by molar-refractivity contribution is 0.670. The van der Waals surface area contributed by atoms with Gasteiger partial charge >= 0.3 is 0 Å². The molecule has 266 valence electrons. The van der Waals surface area contributed by atoms with E-state index in [0.717, 1.165) is 66.9 Å². The van der Waals surface area contributed by atoms with Crippen molar-refractivity contribution in [3.05, 3.63) is 200 Å². The average Bonchev–Trinajstić information content (AvgIpc) is 3.95. The van der Waals surface area contributed by atoms with Gasteiger partial charge in [0.05, 0.1) is 27.8 Å². The van der Waals surface area contributed by atoms with Crippen LogP contribution in [0.1, 0.15) is 0 Å². The van der Waals surface area contributed by atoms with Gasteiger partial charge < -0.3 is 8.98 Å². The van der Waals surface area contributed by atoms with Crippen LogP contribution in [0.25, 0.3) is 111 Å². The fourth-order valence-corrected chi connectivity index (χ4v) is 8.99. The second-order valence-corrected chi connectivity index (χ2v) is 14.7. The van der Waals surface area contributed by atoms with Crippen LogP contribution in [0.5, 0.6) is 0 Å². The summed E-state index contributed by atoms with van der Waals surface area (Å²) in [6.07, 6.45) is 0. The average molecular weight is 728 g/mol. The quantitative estimate of drug-likeness (QED) is 0.177. The Hall–Kier alpha value is -7.69. The smallest absolute Gasteiger partial charge is 0.144 e. The maximum atomic E-state index is 6.61. The van der Waals surface area contributed by atoms with E-state index >= 15 is 0 Å². The molecule has 0 fully saturated rings. The monoisotopic (exact) mass is 727 g/mol. The van der Waals surface area contributed by atoms with Gasteiger partial charge in [-0.25, -0.2) is 4.98 Å². The summed E-state index contributed by atoms with van der Waals surface area (Å²) < 4.78 is 11.4. The molecular formula is C53H33N3O. The third-order valence-electron chi connectivity index (χ3n) is 11.5. The Bertz CT molecular complexity index is 3520. The first kappa shape index (κ1) is 31.6. The van der Waals surface area contributed by atoms with E-state index in [2.05, 4.69) is 197 Å². The van der Waals surface area contributed by atoms with Gasteiger partial charge in [0.15, 0.2) is 0 Å². The van der Waals surface area contributed by atoms with E-state index in [0.29, 0.717) is 0 Å². The number of furan rings is 1. The van der Waals surface area contributed by atoms with Crippen molar-refractivity contribution >= 4 is 65.6 Å². The molecule has 0 aliphatic rings. The van der Waals surface area contributed by atoms with Gasteiger partial charge in [0.1, 0.15) is 17.0 Å². The highest BCUT2D eigenvalue weighted by Gasteiger charge is 2.22. The summed E-state index contributed by atoms with van der Waals surface area (Å²) in [4.78, 5) is 5.57. The first-order valence-electron chi connectivity index (χ1n) is 19.4. The van der Waals surface area contributed by atoms with Crippen LogP contribution < -0.4 is 0 Å². The Morgan fingerprint density at radius 1 is 0.386 bits per heavy atom. The summed E-state index contributed by atoms with van der Waals surface area (Å²) in [5, 5.41) is 7.01. The number of para-hydroxylation sites is 5. The maximum Gasteiger partial charge on any atom is 0.144 e. The number of benzene rings is 8. The summed E-state index contributed by atoms with van der Waals surface area (Å²) in [5.74, 6) is 0.841. The highest BCUT2D eigenvalue weighted by atomic mass is 16.3. The molecule has 8 aromatic carbocycles. The van der Waals surface area contributed by atoms with Crippen molar-refractivity contribution in [1.29, 1.82) is 0 Å². The van der Waals surface area contributed by atoms with Crippen LogP contribution >= 0.6 is 0 Å². The minimum Gasteiger partial charge on any atom is -0.455 e. The molecule has 0 aliphatic heterocycles. The third kappa shape index (κ3) is 4.84. The molecule has 0 amide bonds. The second-order valence-electron chi connectivity index (χ2n) is 14.7. The van der Waals surface area contributed by atoms with Gasteiger partial charge in [-0.15, -0.1) is 0 Å². The zero-order valence-corrected chi connectivity index (χ0v) is 30.8. The number of hydrogen-bond donors (Lipinski definition) is 0. The first-order chi connectivity index (χ1) is 28.3. The molecule has 0 aliphatic carbocycles. The van der Waals surface area contributed by atoms with Crippen molar-refractivity contribution in [1.82, 2.24) is 14.1 Å². The summed E-state index contributed by atoms with van der Waals surface area (Å²) >= 11 is 0. The molecule has 0 saturated carbocycles. The summed E-state index contributed by atoms with van der Waals surface area (Å²) in [6, 6.07) is 71.3. The number of fused-ring (bicyclic) bond motifs is 10. The Morgan fingerprint density at radius 3 is 1.84 bits per heavy atom. The second kappa shape index (κ2) is 12.4. The molecule has 4 heteroatoms. The van der Waals surface area contributed by atoms with E-state index in [1.54, 1.807) is 0 Å². The van der Waals surface area contributed by atoms with Gasteiger partial charge in [-0.3, -0.25) is 4.57 Å². The van der Waals surface area contributed by atoms with Crippen LogP contribution in [-0.2, 0) is 0 Å². The van der Waals surface area contributed by atoms with Crippen molar-refractivity contribution in [2.24, 2.45) is 0 Å². The topological polar surface area (TPSA) is 35.9 Å². The van der Waals surface area contributed by atoms with Gasteiger partial charge in [-0.1, -0.05) is 140 Å². The van der Waals surface area contributed by atoms with Gasteiger partial charge in [0.2, 0.25) is 0 Å². The largest absolute Gasteiger partial charge is 0.455 e. The number of pyridine rings is 1. The van der Waals surface area contributed by atoms with Crippen molar-refractivity contribution in [2.75, 3.05) is 0 Å². The van der Waals surface area contributed by atoms with Gasteiger partial charge in [0, 0.05) is 43.6 Å². The summed E-state index contributed by atoms with van der Waals surface area (Å²) in [5.41, 5.74) is 13.7. The third-order valence-corrected chi connectivity index (χ3v) is 11.5. The minimum absolute atomic E-state index is 0.837. The lowest BCUT2D eigenvalue weighted by atomic mass is 9.98. The Balaban J connectivity index is 1.18. The van der Waals surface area contributed by atoms with E-state index in [9.17, 15) is 0 Å². The minimum atomic E-state index is 0.837. The van der Waals surface area contributed by atoms with Crippen LogP contribution in [0.4, 0.5) is 0 Å². The zero-order chi connectivity index (χ0) is 37.5. The standard InChI is InChI=1S/C53H33N3O/c1-3-15-34(16-4-1)35-17-13-18-36(31-35)37-32-45(43-25-14-24-42-40-22-9-12-28-49(40)57-53(42)43)54-50(33-37)56-47-27-11-8-23-44(47)51-48(56)30-29-41-39-21-7-10-26-46(39)55(52(41)51)38-19-5-2-6-20-38/h1-33H. The summed E-state index contributed by atoms with van der Waals surface area (Å²) in [6.45, 7) is 0. The zero-order valence-electron chi connectivity index (χ0n) is 30.8. The molecule has 57 heavy (non-hydrogen) atoms. The van der Waals surface area contributed by atoms with Gasteiger partial charge in [-0.05, 0) is 82.9 Å². The molecule has 0 spiro atoms.